The van der Waals surface area contributed by atoms with Crippen LogP contribution in [0.1, 0.15) is 51.1 Å². The van der Waals surface area contributed by atoms with E-state index in [1.54, 1.807) is 11.9 Å². The zero-order chi connectivity index (χ0) is 18.1. The first kappa shape index (κ1) is 18.3. The molecule has 5 nitrogen and oxygen atoms in total. The fraction of sp³-hybridized carbons (Fsp3) is 0.579. The molecule has 1 heterocycles. The molecule has 0 spiro atoms. The van der Waals surface area contributed by atoms with Crippen LogP contribution in [0.5, 0.6) is 0 Å². The zero-order valence-electron chi connectivity index (χ0n) is 15.9. The van der Waals surface area contributed by atoms with E-state index in [4.69, 9.17) is 9.72 Å². The Morgan fingerprint density at radius 2 is 2.00 bits per heavy atom. The highest BCUT2D eigenvalue weighted by atomic mass is 16.6. The number of carbonyl (C=O) groups is 1. The average Bonchev–Trinajstić information content (AvgIpc) is 2.75. The van der Waals surface area contributed by atoms with Gasteiger partial charge in [0.1, 0.15) is 11.4 Å². The Bertz CT molecular complexity index is 741. The number of carbonyl (C=O) groups excluding carboxylic acids is 1. The molecule has 132 valence electrons. The second kappa shape index (κ2) is 6.83. The summed E-state index contributed by atoms with van der Waals surface area (Å²) < 4.78 is 7.57. The van der Waals surface area contributed by atoms with Gasteiger partial charge in [0.25, 0.3) is 0 Å². The predicted octanol–water partition coefficient (Wildman–Crippen LogP) is 4.20. The smallest absolute Gasteiger partial charge is 0.410 e. The third kappa shape index (κ3) is 4.08. The average molecular weight is 331 g/mol. The van der Waals surface area contributed by atoms with E-state index in [0.717, 1.165) is 40.8 Å². The number of nitrogens with zero attached hydrogens (tertiary/aromatic N) is 3. The summed E-state index contributed by atoms with van der Waals surface area (Å²) in [6.45, 7) is 10.4. The van der Waals surface area contributed by atoms with E-state index in [1.807, 2.05) is 20.8 Å². The molecule has 0 N–H and O–H groups in total. The molecule has 2 aromatic rings. The Kier molecular flexibility index (Phi) is 5.21. The van der Waals surface area contributed by atoms with Crippen LogP contribution in [0.15, 0.2) is 12.1 Å². The normalized spacial score (nSPS) is 11.8. The summed E-state index contributed by atoms with van der Waals surface area (Å²) in [4.78, 5) is 18.5. The van der Waals surface area contributed by atoms with Gasteiger partial charge in [0.05, 0.1) is 11.0 Å². The summed E-state index contributed by atoms with van der Waals surface area (Å²) in [7, 11) is 3.82. The van der Waals surface area contributed by atoms with E-state index in [1.165, 1.54) is 0 Å². The van der Waals surface area contributed by atoms with E-state index in [-0.39, 0.29) is 6.09 Å². The number of amides is 1. The van der Waals surface area contributed by atoms with E-state index in [2.05, 4.69) is 37.6 Å². The molecule has 0 aliphatic heterocycles. The van der Waals surface area contributed by atoms with Gasteiger partial charge < -0.3 is 14.2 Å². The second-order valence-corrected chi connectivity index (χ2v) is 7.45. The van der Waals surface area contributed by atoms with Crippen molar-refractivity contribution in [3.8, 4) is 0 Å². The van der Waals surface area contributed by atoms with Crippen molar-refractivity contribution in [1.82, 2.24) is 14.5 Å². The Labute approximate surface area is 144 Å². The monoisotopic (exact) mass is 331 g/mol. The van der Waals surface area contributed by atoms with E-state index in [0.29, 0.717) is 6.54 Å². The standard InChI is InChI=1S/C19H29N3O2/c1-8-9-16-20-17-13(2)10-14(11-15(17)22(16)7)12-21(6)18(23)24-19(3,4)5/h10-11H,8-9,12H2,1-7H3. The van der Waals surface area contributed by atoms with Gasteiger partial charge in [0.2, 0.25) is 0 Å². The molecule has 0 radical (unpaired) electrons. The number of aryl methyl sites for hydroxylation is 3. The molecule has 1 aromatic heterocycles. The summed E-state index contributed by atoms with van der Waals surface area (Å²) in [5, 5.41) is 0. The summed E-state index contributed by atoms with van der Waals surface area (Å²) in [5.74, 6) is 1.10. The van der Waals surface area contributed by atoms with Crippen molar-refractivity contribution in [3.05, 3.63) is 29.1 Å². The van der Waals surface area contributed by atoms with Gasteiger partial charge in [0.15, 0.2) is 0 Å². The molecule has 1 amide bonds. The van der Waals surface area contributed by atoms with Crippen LogP contribution in [0, 0.1) is 6.92 Å². The van der Waals surface area contributed by atoms with E-state index < -0.39 is 5.60 Å². The van der Waals surface area contributed by atoms with Crippen molar-refractivity contribution >= 4 is 17.1 Å². The molecule has 0 aliphatic rings. The van der Waals surface area contributed by atoms with Crippen LogP contribution in [0.25, 0.3) is 11.0 Å². The minimum atomic E-state index is -0.484. The molecule has 0 aliphatic carbocycles. The quantitative estimate of drug-likeness (QED) is 0.843. The molecule has 0 saturated heterocycles. The summed E-state index contributed by atoms with van der Waals surface area (Å²) in [6, 6.07) is 4.22. The molecular weight excluding hydrogens is 302 g/mol. The first-order valence-corrected chi connectivity index (χ1v) is 8.51. The fourth-order valence-electron chi connectivity index (χ4n) is 2.80. The number of rotatable bonds is 4. The van der Waals surface area contributed by atoms with Crippen molar-refractivity contribution in [2.75, 3.05) is 7.05 Å². The number of fused-ring (bicyclic) bond motifs is 1. The molecule has 0 unspecified atom stereocenters. The lowest BCUT2D eigenvalue weighted by Crippen LogP contribution is -2.33. The van der Waals surface area contributed by atoms with Gasteiger partial charge in [0, 0.05) is 27.1 Å². The molecular formula is C19H29N3O2. The Balaban J connectivity index is 2.27. The maximum atomic E-state index is 12.2. The van der Waals surface area contributed by atoms with Crippen molar-refractivity contribution < 1.29 is 9.53 Å². The zero-order valence-corrected chi connectivity index (χ0v) is 15.9. The first-order valence-electron chi connectivity index (χ1n) is 8.51. The minimum Gasteiger partial charge on any atom is -0.444 e. The van der Waals surface area contributed by atoms with Crippen LogP contribution in [0.3, 0.4) is 0 Å². The number of hydrogen-bond donors (Lipinski definition) is 0. The van der Waals surface area contributed by atoms with Gasteiger partial charge in [-0.3, -0.25) is 0 Å². The molecule has 2 rings (SSSR count). The fourth-order valence-corrected chi connectivity index (χ4v) is 2.80. The van der Waals surface area contributed by atoms with Crippen LogP contribution in [0.4, 0.5) is 4.79 Å². The first-order chi connectivity index (χ1) is 11.1. The van der Waals surface area contributed by atoms with Crippen molar-refractivity contribution in [2.45, 2.75) is 59.6 Å². The summed E-state index contributed by atoms with van der Waals surface area (Å²) >= 11 is 0. The SMILES string of the molecule is CCCc1nc2c(C)cc(CN(C)C(=O)OC(C)(C)C)cc2n1C. The number of ether oxygens (including phenoxy) is 1. The summed E-state index contributed by atoms with van der Waals surface area (Å²) in [6.07, 6.45) is 1.74. The lowest BCUT2D eigenvalue weighted by molar-refractivity contribution is 0.0285. The van der Waals surface area contributed by atoms with Crippen molar-refractivity contribution in [2.24, 2.45) is 7.05 Å². The molecule has 1 aromatic carbocycles. The highest BCUT2D eigenvalue weighted by Gasteiger charge is 2.20. The Morgan fingerprint density at radius 3 is 2.58 bits per heavy atom. The van der Waals surface area contributed by atoms with Gasteiger partial charge in [-0.2, -0.15) is 0 Å². The minimum absolute atomic E-state index is 0.308. The van der Waals surface area contributed by atoms with Gasteiger partial charge in [-0.05, 0) is 51.3 Å². The lowest BCUT2D eigenvalue weighted by Gasteiger charge is -2.24. The summed E-state index contributed by atoms with van der Waals surface area (Å²) in [5.41, 5.74) is 3.90. The lowest BCUT2D eigenvalue weighted by atomic mass is 10.1. The number of benzene rings is 1. The van der Waals surface area contributed by atoms with Gasteiger partial charge in [-0.25, -0.2) is 9.78 Å². The molecule has 0 fully saturated rings. The Hall–Kier alpha value is -2.04. The van der Waals surface area contributed by atoms with Crippen LogP contribution in [-0.2, 0) is 24.8 Å². The Morgan fingerprint density at radius 1 is 1.33 bits per heavy atom. The van der Waals surface area contributed by atoms with Gasteiger partial charge >= 0.3 is 6.09 Å². The molecule has 5 heteroatoms. The van der Waals surface area contributed by atoms with Crippen LogP contribution < -0.4 is 0 Å². The molecule has 24 heavy (non-hydrogen) atoms. The molecule has 0 atom stereocenters. The van der Waals surface area contributed by atoms with Crippen LogP contribution in [0.2, 0.25) is 0 Å². The van der Waals surface area contributed by atoms with Crippen LogP contribution in [-0.4, -0.2) is 33.2 Å². The topological polar surface area (TPSA) is 47.4 Å². The van der Waals surface area contributed by atoms with Gasteiger partial charge in [-0.1, -0.05) is 13.0 Å². The molecule has 0 saturated carbocycles. The van der Waals surface area contributed by atoms with Gasteiger partial charge in [-0.15, -0.1) is 0 Å². The third-order valence-corrected chi connectivity index (χ3v) is 3.93. The van der Waals surface area contributed by atoms with Crippen molar-refractivity contribution in [1.29, 1.82) is 0 Å². The maximum Gasteiger partial charge on any atom is 0.410 e. The van der Waals surface area contributed by atoms with E-state index >= 15 is 0 Å². The highest BCUT2D eigenvalue weighted by Crippen LogP contribution is 2.23. The molecule has 0 bridgehead atoms. The number of hydrogen-bond acceptors (Lipinski definition) is 3. The highest BCUT2D eigenvalue weighted by molar-refractivity contribution is 5.80. The largest absolute Gasteiger partial charge is 0.444 e. The third-order valence-electron chi connectivity index (χ3n) is 3.93. The van der Waals surface area contributed by atoms with E-state index in [9.17, 15) is 4.79 Å². The predicted molar refractivity (Wildman–Crippen MR) is 97.1 cm³/mol. The van der Waals surface area contributed by atoms with Crippen molar-refractivity contribution in [3.63, 3.8) is 0 Å². The second-order valence-electron chi connectivity index (χ2n) is 7.45. The maximum absolute atomic E-state index is 12.2. The number of aromatic nitrogens is 2. The van der Waals surface area contributed by atoms with Crippen LogP contribution >= 0.6 is 0 Å². The number of imidazole rings is 1.